The third kappa shape index (κ3) is 3.83. The van der Waals surface area contributed by atoms with Crippen LogP contribution in [0.5, 0.6) is 0 Å². The second kappa shape index (κ2) is 7.25. The van der Waals surface area contributed by atoms with E-state index in [0.29, 0.717) is 12.5 Å². The summed E-state index contributed by atoms with van der Waals surface area (Å²) in [6.07, 6.45) is 7.04. The Morgan fingerprint density at radius 1 is 1.48 bits per heavy atom. The van der Waals surface area contributed by atoms with Gasteiger partial charge in [-0.3, -0.25) is 14.7 Å². The summed E-state index contributed by atoms with van der Waals surface area (Å²) in [5.74, 6) is 0.241. The molecule has 6 nitrogen and oxygen atoms in total. The molecule has 2 aromatic heterocycles. The summed E-state index contributed by atoms with van der Waals surface area (Å²) in [5, 5.41) is 10.1. The number of fused-ring (bicyclic) bond motifs is 1. The lowest BCUT2D eigenvalue weighted by Crippen LogP contribution is -2.42. The number of rotatable bonds is 5. The van der Waals surface area contributed by atoms with Crippen LogP contribution in [-0.4, -0.2) is 26.7 Å². The molecule has 0 bridgehead atoms. The van der Waals surface area contributed by atoms with Crippen LogP contribution in [0, 0.1) is 12.8 Å². The number of hydrogen-bond donors (Lipinski definition) is 2. The summed E-state index contributed by atoms with van der Waals surface area (Å²) in [6, 6.07) is 1.88. The summed E-state index contributed by atoms with van der Waals surface area (Å²) in [5.41, 5.74) is 3.09. The number of aryl methyl sites for hydroxylation is 3. The Hall–Kier alpha value is -2.37. The molecule has 3 rings (SSSR count). The Morgan fingerprint density at radius 3 is 3.04 bits per heavy atom. The molecule has 6 heteroatoms. The van der Waals surface area contributed by atoms with E-state index in [1.54, 1.807) is 10.8 Å². The van der Waals surface area contributed by atoms with Crippen LogP contribution < -0.4 is 10.9 Å². The zero-order chi connectivity index (χ0) is 18.0. The second-order valence-corrected chi connectivity index (χ2v) is 7.34. The molecule has 25 heavy (non-hydrogen) atoms. The van der Waals surface area contributed by atoms with Gasteiger partial charge in [0.25, 0.3) is 11.5 Å². The van der Waals surface area contributed by atoms with Crippen molar-refractivity contribution < 1.29 is 4.79 Å². The second-order valence-electron chi connectivity index (χ2n) is 7.34. The van der Waals surface area contributed by atoms with Crippen molar-refractivity contribution in [1.82, 2.24) is 20.1 Å². The summed E-state index contributed by atoms with van der Waals surface area (Å²) in [7, 11) is 0. The third-order valence-electron chi connectivity index (χ3n) is 4.90. The lowest BCUT2D eigenvalue weighted by molar-refractivity contribution is 0.0930. The van der Waals surface area contributed by atoms with Gasteiger partial charge in [0.15, 0.2) is 0 Å². The molecule has 0 spiro atoms. The fourth-order valence-corrected chi connectivity index (χ4v) is 3.30. The highest BCUT2D eigenvalue weighted by molar-refractivity contribution is 5.95. The van der Waals surface area contributed by atoms with Crippen LogP contribution in [0.15, 0.2) is 23.3 Å². The van der Waals surface area contributed by atoms with E-state index in [9.17, 15) is 9.59 Å². The van der Waals surface area contributed by atoms with Crippen molar-refractivity contribution in [2.24, 2.45) is 5.92 Å². The topological polar surface area (TPSA) is 79.8 Å². The Balaban J connectivity index is 1.75. The van der Waals surface area contributed by atoms with Crippen molar-refractivity contribution in [2.75, 3.05) is 0 Å². The lowest BCUT2D eigenvalue weighted by Gasteiger charge is -2.23. The van der Waals surface area contributed by atoms with E-state index in [0.717, 1.165) is 36.9 Å². The first-order chi connectivity index (χ1) is 12.0. The molecule has 1 aliphatic rings. The van der Waals surface area contributed by atoms with Crippen LogP contribution in [-0.2, 0) is 19.4 Å². The summed E-state index contributed by atoms with van der Waals surface area (Å²) in [4.78, 5) is 25.5. The van der Waals surface area contributed by atoms with Crippen molar-refractivity contribution in [1.29, 1.82) is 0 Å². The molecular formula is C19H26N4O2. The zero-order valence-corrected chi connectivity index (χ0v) is 15.1. The zero-order valence-electron chi connectivity index (χ0n) is 15.1. The van der Waals surface area contributed by atoms with E-state index in [4.69, 9.17) is 0 Å². The minimum atomic E-state index is -0.269. The molecular weight excluding hydrogens is 316 g/mol. The van der Waals surface area contributed by atoms with E-state index in [1.165, 1.54) is 5.56 Å². The molecule has 0 aliphatic heterocycles. The molecule has 0 aromatic carbocycles. The standard InChI is InChI=1S/C19H26N4O2/c1-12(2)6-8-23-9-7-13(3)17(19(23)25)18(24)21-15-5-4-14-11-20-22-16(14)10-15/h7,9,11-12,15H,4-6,8,10H2,1-3H3,(H,20,22)(H,21,24). The highest BCUT2D eigenvalue weighted by atomic mass is 16.2. The lowest BCUT2D eigenvalue weighted by atomic mass is 9.93. The van der Waals surface area contributed by atoms with Crippen LogP contribution in [0.2, 0.25) is 0 Å². The van der Waals surface area contributed by atoms with Gasteiger partial charge in [0.2, 0.25) is 0 Å². The van der Waals surface area contributed by atoms with E-state index in [1.807, 2.05) is 19.2 Å². The van der Waals surface area contributed by atoms with E-state index >= 15 is 0 Å². The number of amides is 1. The number of aromatic nitrogens is 3. The third-order valence-corrected chi connectivity index (χ3v) is 4.90. The predicted molar refractivity (Wildman–Crippen MR) is 96.8 cm³/mol. The number of nitrogens with one attached hydrogen (secondary N) is 2. The Morgan fingerprint density at radius 2 is 2.28 bits per heavy atom. The number of pyridine rings is 1. The van der Waals surface area contributed by atoms with Gasteiger partial charge < -0.3 is 9.88 Å². The highest BCUT2D eigenvalue weighted by Gasteiger charge is 2.24. The number of hydrogen-bond acceptors (Lipinski definition) is 3. The van der Waals surface area contributed by atoms with Gasteiger partial charge in [-0.05, 0) is 49.3 Å². The molecule has 134 valence electrons. The van der Waals surface area contributed by atoms with E-state index in [-0.39, 0.29) is 23.1 Å². The van der Waals surface area contributed by atoms with Crippen molar-refractivity contribution in [3.05, 3.63) is 51.2 Å². The van der Waals surface area contributed by atoms with Crippen molar-refractivity contribution in [2.45, 2.75) is 59.0 Å². The van der Waals surface area contributed by atoms with Gasteiger partial charge in [0, 0.05) is 30.9 Å². The monoisotopic (exact) mass is 342 g/mol. The minimum absolute atomic E-state index is 0.0311. The fraction of sp³-hybridized carbons (Fsp3) is 0.526. The molecule has 1 aliphatic carbocycles. The molecule has 2 N–H and O–H groups in total. The fourth-order valence-electron chi connectivity index (χ4n) is 3.30. The number of carbonyl (C=O) groups is 1. The molecule has 1 amide bonds. The summed E-state index contributed by atoms with van der Waals surface area (Å²) in [6.45, 7) is 6.70. The summed E-state index contributed by atoms with van der Waals surface area (Å²) >= 11 is 0. The molecule has 0 fully saturated rings. The first kappa shape index (κ1) is 17.5. The Kier molecular flexibility index (Phi) is 5.06. The minimum Gasteiger partial charge on any atom is -0.349 e. The quantitative estimate of drug-likeness (QED) is 0.874. The van der Waals surface area contributed by atoms with Crippen molar-refractivity contribution in [3.63, 3.8) is 0 Å². The van der Waals surface area contributed by atoms with Gasteiger partial charge in [0.05, 0.1) is 6.20 Å². The van der Waals surface area contributed by atoms with E-state index < -0.39 is 0 Å². The van der Waals surface area contributed by atoms with Crippen LogP contribution >= 0.6 is 0 Å². The van der Waals surface area contributed by atoms with E-state index in [2.05, 4.69) is 29.4 Å². The van der Waals surface area contributed by atoms with Gasteiger partial charge in [-0.2, -0.15) is 5.10 Å². The molecule has 0 radical (unpaired) electrons. The molecule has 1 atom stereocenters. The van der Waals surface area contributed by atoms with Gasteiger partial charge in [-0.15, -0.1) is 0 Å². The Labute approximate surface area is 147 Å². The maximum Gasteiger partial charge on any atom is 0.263 e. The molecule has 0 saturated heterocycles. The molecule has 0 saturated carbocycles. The van der Waals surface area contributed by atoms with Crippen LogP contribution in [0.25, 0.3) is 0 Å². The highest BCUT2D eigenvalue weighted by Crippen LogP contribution is 2.19. The van der Waals surface area contributed by atoms with Crippen LogP contribution in [0.4, 0.5) is 0 Å². The number of aromatic amines is 1. The number of carbonyl (C=O) groups excluding carboxylic acids is 1. The largest absolute Gasteiger partial charge is 0.349 e. The van der Waals surface area contributed by atoms with Gasteiger partial charge >= 0.3 is 0 Å². The van der Waals surface area contributed by atoms with Crippen molar-refractivity contribution >= 4 is 5.91 Å². The SMILES string of the molecule is Cc1ccn(CCC(C)C)c(=O)c1C(=O)NC1CCc2cn[nH]c2C1. The number of nitrogens with zero attached hydrogens (tertiary/aromatic N) is 2. The summed E-state index contributed by atoms with van der Waals surface area (Å²) < 4.78 is 1.65. The van der Waals surface area contributed by atoms with Crippen LogP contribution in [0.1, 0.15) is 53.9 Å². The predicted octanol–water partition coefficient (Wildman–Crippen LogP) is 2.21. The molecule has 2 heterocycles. The maximum atomic E-state index is 12.7. The molecule has 1 unspecified atom stereocenters. The average molecular weight is 342 g/mol. The van der Waals surface area contributed by atoms with Gasteiger partial charge in [0.1, 0.15) is 5.56 Å². The normalized spacial score (nSPS) is 16.7. The smallest absolute Gasteiger partial charge is 0.263 e. The van der Waals surface area contributed by atoms with Crippen LogP contribution in [0.3, 0.4) is 0 Å². The van der Waals surface area contributed by atoms with Crippen molar-refractivity contribution in [3.8, 4) is 0 Å². The first-order valence-electron chi connectivity index (χ1n) is 8.97. The average Bonchev–Trinajstić information content (AvgIpc) is 3.01. The first-order valence-corrected chi connectivity index (χ1v) is 8.97. The maximum absolute atomic E-state index is 12.7. The molecule has 2 aromatic rings. The number of H-pyrrole nitrogens is 1. The van der Waals surface area contributed by atoms with Gasteiger partial charge in [-0.1, -0.05) is 13.8 Å². The van der Waals surface area contributed by atoms with Gasteiger partial charge in [-0.25, -0.2) is 0 Å². The Bertz CT molecular complexity index is 819.